The fourth-order valence-electron chi connectivity index (χ4n) is 4.35. The van der Waals surface area contributed by atoms with Gasteiger partial charge in [-0.15, -0.1) is 0 Å². The van der Waals surface area contributed by atoms with E-state index < -0.39 is 24.2 Å². The second kappa shape index (κ2) is 9.81. The average Bonchev–Trinajstić information content (AvgIpc) is 3.30. The molecule has 1 aromatic heterocycles. The molecule has 0 saturated carbocycles. The van der Waals surface area contributed by atoms with Crippen molar-refractivity contribution >= 4 is 5.97 Å². The van der Waals surface area contributed by atoms with Crippen molar-refractivity contribution in [3.05, 3.63) is 125 Å². The van der Waals surface area contributed by atoms with Crippen LogP contribution >= 0.6 is 0 Å². The van der Waals surface area contributed by atoms with Crippen molar-refractivity contribution in [2.75, 3.05) is 6.61 Å². The van der Waals surface area contributed by atoms with E-state index in [4.69, 9.17) is 4.74 Å². The van der Waals surface area contributed by atoms with Gasteiger partial charge in [0.25, 0.3) is 0 Å². The van der Waals surface area contributed by atoms with Crippen LogP contribution in [-0.4, -0.2) is 32.3 Å². The van der Waals surface area contributed by atoms with Crippen LogP contribution in [0.1, 0.15) is 41.1 Å². The summed E-state index contributed by atoms with van der Waals surface area (Å²) in [5.41, 5.74) is 2.29. The molecule has 1 atom stereocenters. The monoisotopic (exact) mass is 442 g/mol. The molecule has 4 aromatic rings. The van der Waals surface area contributed by atoms with E-state index in [1.165, 1.54) is 0 Å². The number of imidazole rings is 1. The molecule has 0 saturated heterocycles. The number of hydrogen-bond donors (Lipinski definition) is 2. The molecule has 4 rings (SSSR count). The van der Waals surface area contributed by atoms with Crippen LogP contribution in [-0.2, 0) is 21.7 Å². The third kappa shape index (κ3) is 3.95. The van der Waals surface area contributed by atoms with Gasteiger partial charge in [0.1, 0.15) is 11.2 Å². The highest BCUT2D eigenvalue weighted by atomic mass is 16.5. The van der Waals surface area contributed by atoms with Crippen molar-refractivity contribution in [1.82, 2.24) is 9.55 Å². The van der Waals surface area contributed by atoms with Crippen LogP contribution in [0.3, 0.4) is 0 Å². The minimum Gasteiger partial charge on any atom is -0.464 e. The maximum absolute atomic E-state index is 12.3. The van der Waals surface area contributed by atoms with E-state index >= 15 is 0 Å². The molecular formula is C27H26N2O4. The lowest BCUT2D eigenvalue weighted by atomic mass is 9.76. The molecule has 33 heavy (non-hydrogen) atoms. The number of ether oxygens (including phenoxy) is 1. The third-order valence-corrected chi connectivity index (χ3v) is 5.75. The number of aliphatic hydroxyl groups is 2. The summed E-state index contributed by atoms with van der Waals surface area (Å²) in [6, 6.07) is 29.7. The van der Waals surface area contributed by atoms with E-state index in [1.54, 1.807) is 13.3 Å². The highest BCUT2D eigenvalue weighted by Crippen LogP contribution is 2.42. The molecule has 6 nitrogen and oxygen atoms in total. The second-order valence-electron chi connectivity index (χ2n) is 7.57. The summed E-state index contributed by atoms with van der Waals surface area (Å²) < 4.78 is 6.82. The molecule has 0 aliphatic heterocycles. The molecule has 2 N–H and O–H groups in total. The summed E-state index contributed by atoms with van der Waals surface area (Å²) >= 11 is 0. The minimum atomic E-state index is -1.60. The van der Waals surface area contributed by atoms with Crippen LogP contribution in [0, 0.1) is 0 Å². The van der Waals surface area contributed by atoms with Crippen LogP contribution in [0.4, 0.5) is 0 Å². The number of aromatic nitrogens is 2. The van der Waals surface area contributed by atoms with Crippen molar-refractivity contribution in [3.8, 4) is 0 Å². The van der Waals surface area contributed by atoms with Crippen LogP contribution < -0.4 is 0 Å². The molecule has 0 fully saturated rings. The lowest BCUT2D eigenvalue weighted by Gasteiger charge is -2.38. The zero-order valence-corrected chi connectivity index (χ0v) is 18.3. The Morgan fingerprint density at radius 3 is 1.76 bits per heavy atom. The Morgan fingerprint density at radius 1 is 0.909 bits per heavy atom. The smallest absolute Gasteiger partial charge is 0.341 e. The minimum absolute atomic E-state index is 0.0723. The van der Waals surface area contributed by atoms with Crippen LogP contribution in [0.15, 0.2) is 97.3 Å². The van der Waals surface area contributed by atoms with Gasteiger partial charge in [-0.1, -0.05) is 91.0 Å². The van der Waals surface area contributed by atoms with Gasteiger partial charge in [0.05, 0.1) is 25.2 Å². The summed E-state index contributed by atoms with van der Waals surface area (Å²) in [4.78, 5) is 16.7. The molecule has 0 radical (unpaired) electrons. The van der Waals surface area contributed by atoms with Gasteiger partial charge < -0.3 is 19.5 Å². The van der Waals surface area contributed by atoms with Crippen molar-refractivity contribution < 1.29 is 19.7 Å². The number of carbonyl (C=O) groups excluding carboxylic acids is 1. The Hall–Kier alpha value is -3.74. The summed E-state index contributed by atoms with van der Waals surface area (Å²) in [6.45, 7) is 1.37. The largest absolute Gasteiger partial charge is 0.464 e. The summed E-state index contributed by atoms with van der Waals surface area (Å²) in [7, 11) is 0. The van der Waals surface area contributed by atoms with E-state index in [0.29, 0.717) is 5.69 Å². The molecule has 0 spiro atoms. The third-order valence-electron chi connectivity index (χ3n) is 5.75. The SMILES string of the molecule is CCOC(=O)C(O)c1ncn(C(c2ccccc2)(c2ccccc2)c2ccccc2)c1CO. The predicted molar refractivity (Wildman–Crippen MR) is 124 cm³/mol. The Balaban J connectivity index is 2.06. The van der Waals surface area contributed by atoms with Gasteiger partial charge in [-0.2, -0.15) is 0 Å². The van der Waals surface area contributed by atoms with Gasteiger partial charge in [-0.05, 0) is 23.6 Å². The number of rotatable bonds is 8. The molecule has 1 heterocycles. The summed E-state index contributed by atoms with van der Waals surface area (Å²) in [5.74, 6) is -0.804. The van der Waals surface area contributed by atoms with Gasteiger partial charge in [0, 0.05) is 0 Å². The summed E-state index contributed by atoms with van der Waals surface area (Å²) in [5, 5.41) is 21.1. The highest BCUT2D eigenvalue weighted by Gasteiger charge is 2.41. The predicted octanol–water partition coefficient (Wildman–Crippen LogP) is 3.81. The lowest BCUT2D eigenvalue weighted by Crippen LogP contribution is -2.38. The van der Waals surface area contributed by atoms with E-state index in [9.17, 15) is 15.0 Å². The molecule has 0 aliphatic rings. The van der Waals surface area contributed by atoms with E-state index in [2.05, 4.69) is 4.98 Å². The second-order valence-corrected chi connectivity index (χ2v) is 7.57. The lowest BCUT2D eigenvalue weighted by molar-refractivity contribution is -0.153. The first kappa shape index (κ1) is 22.5. The number of esters is 1. The number of hydrogen-bond acceptors (Lipinski definition) is 5. The summed E-state index contributed by atoms with van der Waals surface area (Å²) in [6.07, 6.45) is -0.0376. The van der Waals surface area contributed by atoms with Crippen molar-refractivity contribution in [3.63, 3.8) is 0 Å². The number of aliphatic hydroxyl groups excluding tert-OH is 2. The Bertz CT molecular complexity index is 1090. The van der Waals surface area contributed by atoms with Crippen LogP contribution in [0.2, 0.25) is 0 Å². The maximum Gasteiger partial charge on any atom is 0.341 e. The normalized spacial score (nSPS) is 12.3. The average molecular weight is 443 g/mol. The van der Waals surface area contributed by atoms with E-state index in [0.717, 1.165) is 16.7 Å². The molecule has 0 bridgehead atoms. The van der Waals surface area contributed by atoms with Crippen LogP contribution in [0.5, 0.6) is 0 Å². The maximum atomic E-state index is 12.3. The number of nitrogens with zero attached hydrogens (tertiary/aromatic N) is 2. The Labute approximate surface area is 192 Å². The molecular weight excluding hydrogens is 416 g/mol. The number of benzene rings is 3. The van der Waals surface area contributed by atoms with E-state index in [1.807, 2.05) is 95.6 Å². The number of carbonyl (C=O) groups is 1. The van der Waals surface area contributed by atoms with E-state index in [-0.39, 0.29) is 12.3 Å². The Kier molecular flexibility index (Phi) is 6.68. The standard InChI is InChI=1S/C27H26N2O4/c1-2-33-26(32)25(31)24-23(18-30)29(19-28-24)27(20-12-6-3-7-13-20,21-14-8-4-9-15-21)22-16-10-5-11-17-22/h3-17,19,25,30-31H,2,18H2,1H3. The quantitative estimate of drug-likeness (QED) is 0.320. The Morgan fingerprint density at radius 2 is 1.36 bits per heavy atom. The van der Waals surface area contributed by atoms with Crippen molar-refractivity contribution in [1.29, 1.82) is 0 Å². The zero-order chi connectivity index (χ0) is 23.3. The van der Waals surface area contributed by atoms with Gasteiger partial charge in [-0.3, -0.25) is 0 Å². The molecule has 168 valence electrons. The fraction of sp³-hybridized carbons (Fsp3) is 0.185. The highest BCUT2D eigenvalue weighted by molar-refractivity contribution is 5.76. The topological polar surface area (TPSA) is 84.6 Å². The zero-order valence-electron chi connectivity index (χ0n) is 18.3. The van der Waals surface area contributed by atoms with Crippen LogP contribution in [0.25, 0.3) is 0 Å². The molecule has 3 aromatic carbocycles. The molecule has 1 unspecified atom stereocenters. The van der Waals surface area contributed by atoms with Gasteiger partial charge >= 0.3 is 5.97 Å². The van der Waals surface area contributed by atoms with Gasteiger partial charge in [-0.25, -0.2) is 9.78 Å². The first-order chi connectivity index (χ1) is 16.1. The first-order valence-electron chi connectivity index (χ1n) is 10.8. The van der Waals surface area contributed by atoms with Crippen molar-refractivity contribution in [2.45, 2.75) is 25.2 Å². The van der Waals surface area contributed by atoms with Gasteiger partial charge in [0.15, 0.2) is 6.10 Å². The van der Waals surface area contributed by atoms with Crippen molar-refractivity contribution in [2.24, 2.45) is 0 Å². The molecule has 0 aliphatic carbocycles. The fourth-order valence-corrected chi connectivity index (χ4v) is 4.35. The molecule has 6 heteroatoms. The molecule has 0 amide bonds. The van der Waals surface area contributed by atoms with Gasteiger partial charge in [0.2, 0.25) is 0 Å². The first-order valence-corrected chi connectivity index (χ1v) is 10.8.